The average Bonchev–Trinajstić information content (AvgIpc) is 1.80. The molecule has 0 radical (unpaired) electrons. The Balaban J connectivity index is -0.0000000533. The molecule has 17 heavy (non-hydrogen) atoms. The number of nitrogens with two attached hydrogens (primary N) is 1. The molecule has 0 aliphatic carbocycles. The van der Waals surface area contributed by atoms with Crippen LogP contribution in [0.1, 0.15) is 0 Å². The van der Waals surface area contributed by atoms with E-state index in [-0.39, 0.29) is 101 Å². The van der Waals surface area contributed by atoms with Gasteiger partial charge in [0.25, 0.3) is 0 Å². The van der Waals surface area contributed by atoms with Gasteiger partial charge in [-0.25, -0.2) is 0 Å². The van der Waals surface area contributed by atoms with Gasteiger partial charge in [0, 0.05) is 14.1 Å². The van der Waals surface area contributed by atoms with Gasteiger partial charge in [-0.1, -0.05) is 0 Å². The van der Waals surface area contributed by atoms with Crippen molar-refractivity contribution < 1.29 is 108 Å². The van der Waals surface area contributed by atoms with Gasteiger partial charge in [0.15, 0.2) is 11.9 Å². The van der Waals surface area contributed by atoms with Crippen LogP contribution in [0.15, 0.2) is 0 Å². The number of phosphoric acid groups is 1. The zero-order valence-corrected chi connectivity index (χ0v) is 17.5. The van der Waals surface area contributed by atoms with Crippen LogP contribution < -0.4 is 114 Å². The van der Waals surface area contributed by atoms with Crippen molar-refractivity contribution in [2.75, 3.05) is 14.1 Å². The molecule has 0 aliphatic rings. The molecule has 0 spiro atoms. The monoisotopic (exact) mass is 293 g/mol. The van der Waals surface area contributed by atoms with E-state index in [9.17, 15) is 0 Å². The van der Waals surface area contributed by atoms with Crippen LogP contribution in [0.5, 0.6) is 0 Å². The summed E-state index contributed by atoms with van der Waals surface area (Å²) in [6.45, 7) is 0. The van der Waals surface area contributed by atoms with Crippen molar-refractivity contribution in [3.63, 3.8) is 0 Å². The summed E-state index contributed by atoms with van der Waals surface area (Å²) >= 11 is 0. The zero-order valence-electron chi connectivity index (χ0n) is 10.6. The first kappa shape index (κ1) is 31.3. The zero-order chi connectivity index (χ0) is 11.9. The van der Waals surface area contributed by atoms with Crippen LogP contribution in [0.4, 0.5) is 0 Å². The molecule has 0 aromatic rings. The largest absolute Gasteiger partial charge is 1.00 e. The second-order valence-corrected chi connectivity index (χ2v) is 3.12. The van der Waals surface area contributed by atoms with Crippen molar-refractivity contribution in [3.05, 3.63) is 0 Å². The fraction of sp³-hybridized carbons (Fsp3) is 0.500. The Kier molecular flexibility index (Phi) is 29.3. The Labute approximate surface area is 166 Å². The van der Waals surface area contributed by atoms with Gasteiger partial charge in [-0.3, -0.25) is 16.1 Å². The van der Waals surface area contributed by atoms with E-state index in [0.29, 0.717) is 0 Å². The topological polar surface area (TPSA) is 175 Å². The van der Waals surface area contributed by atoms with Gasteiger partial charge in [-0.05, 0) is 0 Å². The molecule has 0 saturated heterocycles. The van der Waals surface area contributed by atoms with Crippen molar-refractivity contribution >= 4 is 19.7 Å². The van der Waals surface area contributed by atoms with Crippen LogP contribution in [-0.4, -0.2) is 30.9 Å². The van der Waals surface area contributed by atoms with Gasteiger partial charge in [0.05, 0.1) is 0 Å². The van der Waals surface area contributed by atoms with Crippen LogP contribution in [0.3, 0.4) is 0 Å². The van der Waals surface area contributed by atoms with Gasteiger partial charge >= 0.3 is 88.7 Å². The number of hydrogen-bond donors (Lipinski definition) is 4. The number of hydrogen-bond acceptors (Lipinski definition) is 6. The molecule has 0 atom stereocenters. The summed E-state index contributed by atoms with van der Waals surface area (Å²) in [5.41, 5.74) is 4.94. The minimum atomic E-state index is -5.39. The van der Waals surface area contributed by atoms with Crippen molar-refractivity contribution in [1.82, 2.24) is 10.2 Å². The van der Waals surface area contributed by atoms with E-state index in [1.54, 1.807) is 14.1 Å². The van der Waals surface area contributed by atoms with Crippen molar-refractivity contribution in [2.24, 2.45) is 5.73 Å². The normalized spacial score (nSPS) is 7.82. The predicted molar refractivity (Wildman–Crippen MR) is 44.1 cm³/mol. The quantitative estimate of drug-likeness (QED) is 0.148. The van der Waals surface area contributed by atoms with Crippen molar-refractivity contribution in [2.45, 2.75) is 0 Å². The van der Waals surface area contributed by atoms with Crippen LogP contribution >= 0.6 is 7.82 Å². The Morgan fingerprint density at radius 2 is 1.41 bits per heavy atom. The Bertz CT molecular complexity index is 251. The first-order valence-electron chi connectivity index (χ1n) is 3.14. The fourth-order valence-corrected chi connectivity index (χ4v) is 0.239. The van der Waals surface area contributed by atoms with E-state index in [0.717, 1.165) is 0 Å². The van der Waals surface area contributed by atoms with E-state index < -0.39 is 7.82 Å². The summed E-state index contributed by atoms with van der Waals surface area (Å²) in [5.74, 6) is -0.101. The third-order valence-corrected chi connectivity index (χ3v) is 0.700. The second kappa shape index (κ2) is 15.9. The molecule has 0 aromatic carbocycles. The third-order valence-electron chi connectivity index (χ3n) is 0.700. The van der Waals surface area contributed by atoms with E-state index in [1.165, 1.54) is 4.90 Å². The van der Waals surface area contributed by atoms with E-state index in [1.807, 2.05) is 0 Å². The standard InChI is InChI=1S/C4H11N5.3Na.H3O4P/c1-9(2)4(7)8-3(5)6;;;;1-5(2,3)4/h1-2H3,(H5,5,6,7,8);;;;(H3,1,2,3,4)/q;3*+1;/p-3. The van der Waals surface area contributed by atoms with Gasteiger partial charge < -0.3 is 29.9 Å². The summed E-state index contributed by atoms with van der Waals surface area (Å²) in [7, 11) is -2.00. The molecule has 0 aromatic heterocycles. The molecule has 0 fully saturated rings. The maximum absolute atomic E-state index is 8.55. The second-order valence-electron chi connectivity index (χ2n) is 2.23. The molecule has 0 aliphatic heterocycles. The van der Waals surface area contributed by atoms with E-state index in [2.05, 4.69) is 5.32 Å². The van der Waals surface area contributed by atoms with Crippen LogP contribution in [0.2, 0.25) is 0 Å². The van der Waals surface area contributed by atoms with Crippen LogP contribution in [0, 0.1) is 10.8 Å². The minimum Gasteiger partial charge on any atom is -0.822 e. The first-order chi connectivity index (χ1) is 6.04. The molecule has 84 valence electrons. The molecule has 13 heteroatoms. The number of guanidine groups is 2. The average molecular weight is 293 g/mol. The van der Waals surface area contributed by atoms with Crippen LogP contribution in [-0.2, 0) is 4.57 Å². The first-order valence-corrected chi connectivity index (χ1v) is 4.60. The summed E-state index contributed by atoms with van der Waals surface area (Å²) < 4.78 is 8.55. The molecular formula is C4H11N5Na3O4P. The predicted octanol–water partition coefficient (Wildman–Crippen LogP) is -12.8. The van der Waals surface area contributed by atoms with Crippen LogP contribution in [0.25, 0.3) is 0 Å². The Morgan fingerprint density at radius 1 is 1.18 bits per heavy atom. The molecule has 0 rings (SSSR count). The number of nitrogens with zero attached hydrogens (tertiary/aromatic N) is 1. The minimum absolute atomic E-state index is 0. The van der Waals surface area contributed by atoms with Gasteiger partial charge in [-0.15, -0.1) is 0 Å². The smallest absolute Gasteiger partial charge is 0.822 e. The number of rotatable bonds is 0. The summed E-state index contributed by atoms with van der Waals surface area (Å²) in [4.78, 5) is 27.2. The molecular weight excluding hydrogens is 282 g/mol. The van der Waals surface area contributed by atoms with E-state index in [4.69, 9.17) is 35.8 Å². The van der Waals surface area contributed by atoms with E-state index >= 15 is 0 Å². The molecule has 5 N–H and O–H groups in total. The SMILES string of the molecule is CN(C)C(=N)NC(=N)N.O=P([O-])([O-])[O-].[Na+].[Na+].[Na+]. The Hall–Kier alpha value is 1.85. The summed E-state index contributed by atoms with van der Waals surface area (Å²) in [5, 5.41) is 16.1. The summed E-state index contributed by atoms with van der Waals surface area (Å²) in [6, 6.07) is 0. The van der Waals surface area contributed by atoms with Gasteiger partial charge in [0.2, 0.25) is 0 Å². The number of nitrogens with one attached hydrogen (secondary N) is 3. The third kappa shape index (κ3) is 46.2. The summed E-state index contributed by atoms with van der Waals surface area (Å²) in [6.07, 6.45) is 0. The maximum Gasteiger partial charge on any atom is 1.00 e. The molecule has 0 heterocycles. The van der Waals surface area contributed by atoms with Crippen molar-refractivity contribution in [3.8, 4) is 0 Å². The molecule has 0 bridgehead atoms. The van der Waals surface area contributed by atoms with Crippen molar-refractivity contribution in [1.29, 1.82) is 10.8 Å². The van der Waals surface area contributed by atoms with Gasteiger partial charge in [0.1, 0.15) is 0 Å². The fourth-order valence-electron chi connectivity index (χ4n) is 0.239. The molecule has 9 nitrogen and oxygen atoms in total. The molecule has 0 amide bonds. The van der Waals surface area contributed by atoms with Gasteiger partial charge in [-0.2, -0.15) is 7.82 Å². The maximum atomic E-state index is 8.55. The Morgan fingerprint density at radius 3 is 1.47 bits per heavy atom. The molecule has 0 unspecified atom stereocenters. The molecule has 0 saturated carbocycles.